The number of ether oxygens (including phenoxy) is 1. The molecule has 0 heterocycles. The van der Waals surface area contributed by atoms with E-state index < -0.39 is 18.2 Å². The van der Waals surface area contributed by atoms with Crippen molar-refractivity contribution in [3.05, 3.63) is 58.6 Å². The van der Waals surface area contributed by atoms with Crippen LogP contribution in [0.15, 0.2) is 42.5 Å². The van der Waals surface area contributed by atoms with E-state index in [4.69, 9.17) is 21.4 Å². The Kier molecular flexibility index (Phi) is 7.93. The molecule has 8 heteroatoms. The van der Waals surface area contributed by atoms with Crippen molar-refractivity contribution in [1.29, 1.82) is 0 Å². The van der Waals surface area contributed by atoms with E-state index in [2.05, 4.69) is 5.32 Å². The molecule has 2 aromatic carbocycles. The third-order valence-electron chi connectivity index (χ3n) is 4.50. The Morgan fingerprint density at radius 3 is 2.34 bits per heavy atom. The first kappa shape index (κ1) is 23.0. The van der Waals surface area contributed by atoms with E-state index in [0.29, 0.717) is 22.7 Å². The van der Waals surface area contributed by atoms with Crippen LogP contribution in [-0.4, -0.2) is 23.9 Å². The number of nitrogens with one attached hydrogen (secondary N) is 1. The maximum atomic E-state index is 13.6. The van der Waals surface area contributed by atoms with Gasteiger partial charge in [-0.25, -0.2) is 0 Å². The fraction of sp³-hybridized carbons (Fsp3) is 0.381. The number of hydrogen-bond acceptors (Lipinski definition) is 3. The minimum absolute atomic E-state index is 0.0665. The molecule has 2 atom stereocenters. The number of alkyl halides is 3. The molecule has 158 valence electrons. The van der Waals surface area contributed by atoms with Gasteiger partial charge < -0.3 is 15.2 Å². The lowest BCUT2D eigenvalue weighted by molar-refractivity contribution is -0.222. The average molecular weight is 430 g/mol. The van der Waals surface area contributed by atoms with E-state index in [0.717, 1.165) is 0 Å². The van der Waals surface area contributed by atoms with Crippen LogP contribution in [0, 0.1) is 0 Å². The summed E-state index contributed by atoms with van der Waals surface area (Å²) in [6.45, 7) is 3.23. The van der Waals surface area contributed by atoms with Gasteiger partial charge in [-0.05, 0) is 55.2 Å². The van der Waals surface area contributed by atoms with Crippen LogP contribution in [0.25, 0.3) is 0 Å². The molecule has 0 spiro atoms. The molecule has 0 saturated heterocycles. The van der Waals surface area contributed by atoms with Crippen LogP contribution in [0.4, 0.5) is 24.5 Å². The van der Waals surface area contributed by atoms with Gasteiger partial charge in [-0.2, -0.15) is 13.2 Å². The highest BCUT2D eigenvalue weighted by molar-refractivity contribution is 6.30. The lowest BCUT2D eigenvalue weighted by Gasteiger charge is -2.25. The summed E-state index contributed by atoms with van der Waals surface area (Å²) in [5.41, 5.74) is 1.34. The fourth-order valence-corrected chi connectivity index (χ4v) is 3.22. The van der Waals surface area contributed by atoms with Crippen molar-refractivity contribution in [2.45, 2.75) is 44.9 Å². The Labute approximate surface area is 172 Å². The highest BCUT2D eigenvalue weighted by Crippen LogP contribution is 2.41. The number of rotatable bonds is 9. The van der Waals surface area contributed by atoms with Crippen molar-refractivity contribution >= 4 is 28.9 Å². The number of halogens is 4. The van der Waals surface area contributed by atoms with Gasteiger partial charge in [0, 0.05) is 28.6 Å². The normalized spacial score (nSPS) is 13.7. The van der Waals surface area contributed by atoms with Crippen molar-refractivity contribution in [1.82, 2.24) is 0 Å². The first-order chi connectivity index (χ1) is 13.7. The zero-order valence-electron chi connectivity index (χ0n) is 16.1. The molecule has 0 fully saturated rings. The molecule has 0 unspecified atom stereocenters. The van der Waals surface area contributed by atoms with Gasteiger partial charge in [0.1, 0.15) is 0 Å². The number of benzene rings is 2. The largest absolute Gasteiger partial charge is 0.481 e. The van der Waals surface area contributed by atoms with Gasteiger partial charge >= 0.3 is 12.1 Å². The second kappa shape index (κ2) is 9.98. The molecule has 0 amide bonds. The first-order valence-corrected chi connectivity index (χ1v) is 9.60. The summed E-state index contributed by atoms with van der Waals surface area (Å²) in [5.74, 6) is -1.28. The molecule has 0 saturated carbocycles. The Morgan fingerprint density at radius 1 is 1.17 bits per heavy atom. The number of carboxylic acid groups (broad SMARTS) is 1. The molecular weight excluding hydrogens is 407 g/mol. The van der Waals surface area contributed by atoms with Crippen LogP contribution in [-0.2, 0) is 9.53 Å². The summed E-state index contributed by atoms with van der Waals surface area (Å²) in [6, 6.07) is 11.0. The highest BCUT2D eigenvalue weighted by Gasteiger charge is 2.43. The summed E-state index contributed by atoms with van der Waals surface area (Å²) in [4.78, 5) is 11.1. The van der Waals surface area contributed by atoms with Crippen LogP contribution < -0.4 is 5.32 Å². The van der Waals surface area contributed by atoms with Crippen LogP contribution in [0.5, 0.6) is 0 Å². The fourth-order valence-electron chi connectivity index (χ4n) is 3.09. The van der Waals surface area contributed by atoms with Gasteiger partial charge in [-0.3, -0.25) is 4.79 Å². The molecule has 0 radical (unpaired) electrons. The summed E-state index contributed by atoms with van der Waals surface area (Å²) in [5, 5.41) is 12.6. The summed E-state index contributed by atoms with van der Waals surface area (Å²) < 4.78 is 45.8. The topological polar surface area (TPSA) is 58.6 Å². The van der Waals surface area contributed by atoms with Crippen LogP contribution >= 0.6 is 11.6 Å². The maximum absolute atomic E-state index is 13.6. The van der Waals surface area contributed by atoms with Crippen LogP contribution in [0.1, 0.15) is 49.8 Å². The minimum atomic E-state index is -4.60. The minimum Gasteiger partial charge on any atom is -0.481 e. The Bertz CT molecular complexity index is 825. The monoisotopic (exact) mass is 429 g/mol. The van der Waals surface area contributed by atoms with Gasteiger partial charge in [0.05, 0.1) is 6.42 Å². The molecular formula is C21H23ClF3NO3. The standard InChI is InChI=1S/C21H23ClF3NO3/c1-3-13(12-19(27)28)14-5-10-17(20(29-4-2)21(23,24)25)18(11-14)26-16-8-6-15(22)7-9-16/h5-11,13,20,26H,3-4,12H2,1-2H3,(H,27,28)/t13-,20+/m1/s1. The number of anilines is 2. The van der Waals surface area contributed by atoms with E-state index >= 15 is 0 Å². The van der Waals surface area contributed by atoms with Crippen molar-refractivity contribution in [3.8, 4) is 0 Å². The summed E-state index contributed by atoms with van der Waals surface area (Å²) >= 11 is 5.88. The molecule has 2 N–H and O–H groups in total. The number of aliphatic carboxylic acids is 1. The van der Waals surface area contributed by atoms with E-state index in [1.807, 2.05) is 6.92 Å². The Balaban J connectivity index is 2.53. The van der Waals surface area contributed by atoms with Crippen LogP contribution in [0.3, 0.4) is 0 Å². The van der Waals surface area contributed by atoms with Gasteiger partial charge in [-0.1, -0.05) is 30.7 Å². The molecule has 4 nitrogen and oxygen atoms in total. The van der Waals surface area contributed by atoms with Crippen molar-refractivity contribution in [3.63, 3.8) is 0 Å². The predicted octanol–water partition coefficient (Wildman–Crippen LogP) is 6.69. The SMILES string of the molecule is CCO[C@@H](c1ccc([C@H](CC)CC(=O)O)cc1Nc1ccc(Cl)cc1)C(F)(F)F. The smallest absolute Gasteiger partial charge is 0.418 e. The summed E-state index contributed by atoms with van der Waals surface area (Å²) in [7, 11) is 0. The molecule has 0 aliphatic rings. The van der Waals surface area contributed by atoms with Crippen LogP contribution in [0.2, 0.25) is 5.02 Å². The van der Waals surface area contributed by atoms with E-state index in [-0.39, 0.29) is 30.2 Å². The van der Waals surface area contributed by atoms with Gasteiger partial charge in [0.2, 0.25) is 0 Å². The number of hydrogen-bond donors (Lipinski definition) is 2. The predicted molar refractivity (Wildman–Crippen MR) is 107 cm³/mol. The van der Waals surface area contributed by atoms with Gasteiger partial charge in [0.25, 0.3) is 0 Å². The Morgan fingerprint density at radius 2 is 1.83 bits per heavy atom. The lowest BCUT2D eigenvalue weighted by atomic mass is 9.91. The molecule has 0 aliphatic heterocycles. The van der Waals surface area contributed by atoms with Crippen molar-refractivity contribution in [2.75, 3.05) is 11.9 Å². The molecule has 0 bridgehead atoms. The van der Waals surface area contributed by atoms with Crippen molar-refractivity contribution < 1.29 is 27.8 Å². The quantitative estimate of drug-likeness (QED) is 0.466. The molecule has 2 aromatic rings. The Hall–Kier alpha value is -2.25. The van der Waals surface area contributed by atoms with E-state index in [1.165, 1.54) is 19.1 Å². The van der Waals surface area contributed by atoms with Gasteiger partial charge in [-0.15, -0.1) is 0 Å². The maximum Gasteiger partial charge on any atom is 0.418 e. The number of carbonyl (C=O) groups is 1. The highest BCUT2D eigenvalue weighted by atomic mass is 35.5. The molecule has 0 aromatic heterocycles. The van der Waals surface area contributed by atoms with E-state index in [9.17, 15) is 18.0 Å². The lowest BCUT2D eigenvalue weighted by Crippen LogP contribution is -2.24. The van der Waals surface area contributed by atoms with E-state index in [1.54, 1.807) is 30.3 Å². The zero-order chi connectivity index (χ0) is 21.6. The molecule has 2 rings (SSSR count). The summed E-state index contributed by atoms with van der Waals surface area (Å²) in [6.07, 6.45) is -6.26. The third-order valence-corrected chi connectivity index (χ3v) is 4.75. The second-order valence-electron chi connectivity index (χ2n) is 6.56. The first-order valence-electron chi connectivity index (χ1n) is 9.22. The average Bonchev–Trinajstić information content (AvgIpc) is 2.65. The third kappa shape index (κ3) is 6.37. The van der Waals surface area contributed by atoms with Gasteiger partial charge in [0.15, 0.2) is 6.10 Å². The molecule has 0 aliphatic carbocycles. The number of carboxylic acids is 1. The molecule has 29 heavy (non-hydrogen) atoms. The van der Waals surface area contributed by atoms with Crippen molar-refractivity contribution in [2.24, 2.45) is 0 Å². The zero-order valence-corrected chi connectivity index (χ0v) is 16.8. The second-order valence-corrected chi connectivity index (χ2v) is 7.00.